The van der Waals surface area contributed by atoms with Crippen LogP contribution in [-0.4, -0.2) is 64.1 Å². The maximum atomic E-state index is 11.6. The van der Waals surface area contributed by atoms with Gasteiger partial charge < -0.3 is 0 Å². The van der Waals surface area contributed by atoms with E-state index in [1.54, 1.807) is 0 Å². The van der Waals surface area contributed by atoms with Gasteiger partial charge in [-0.3, -0.25) is 0 Å². The van der Waals surface area contributed by atoms with Gasteiger partial charge in [0.05, 0.1) is 12.5 Å². The number of hydrogen-bond acceptors (Lipinski definition) is 4. The predicted molar refractivity (Wildman–Crippen MR) is 64.5 cm³/mol. The molecule has 0 unspecified atom stereocenters. The highest BCUT2D eigenvalue weighted by Crippen LogP contribution is 2.48. The predicted octanol–water partition coefficient (Wildman–Crippen LogP) is -0.697. The quantitative estimate of drug-likeness (QED) is 0.671. The van der Waals surface area contributed by atoms with Crippen molar-refractivity contribution in [2.75, 3.05) is 38.7 Å². The van der Waals surface area contributed by atoms with Gasteiger partial charge in [-0.25, -0.2) is 25.4 Å². The Morgan fingerprint density at radius 1 is 0.824 bits per heavy atom. The van der Waals surface area contributed by atoms with Gasteiger partial charge in [-0.1, -0.05) is 0 Å². The molecule has 2 fully saturated rings. The Hall–Kier alpha value is -0.180. The second kappa shape index (κ2) is 3.91. The number of sulfonamides is 2. The first-order valence-electron chi connectivity index (χ1n) is 5.53. The standard InChI is InChI=1S/C9H18N2O4S2/c1-16(12,13)10-5-6-11(17(2,14)15)8-9(7-10)3-4-9/h3-8H2,1-2H3. The van der Waals surface area contributed by atoms with Crippen molar-refractivity contribution in [2.45, 2.75) is 12.8 Å². The fraction of sp³-hybridized carbons (Fsp3) is 1.00. The van der Waals surface area contributed by atoms with Crippen LogP contribution in [0, 0.1) is 5.41 Å². The maximum Gasteiger partial charge on any atom is 0.211 e. The summed E-state index contributed by atoms with van der Waals surface area (Å²) in [6.45, 7) is 1.43. The van der Waals surface area contributed by atoms with Crippen LogP contribution in [0.3, 0.4) is 0 Å². The molecule has 0 amide bonds. The third-order valence-corrected chi connectivity index (χ3v) is 6.02. The zero-order valence-electron chi connectivity index (χ0n) is 10.1. The normalized spacial score (nSPS) is 26.9. The van der Waals surface area contributed by atoms with Crippen molar-refractivity contribution in [3.8, 4) is 0 Å². The molecule has 0 aromatic rings. The minimum absolute atomic E-state index is 0.136. The molecule has 17 heavy (non-hydrogen) atoms. The first-order chi connectivity index (χ1) is 7.62. The van der Waals surface area contributed by atoms with E-state index in [-0.39, 0.29) is 18.5 Å². The highest BCUT2D eigenvalue weighted by atomic mass is 32.2. The molecule has 8 heteroatoms. The summed E-state index contributed by atoms with van der Waals surface area (Å²) in [6.07, 6.45) is 4.18. The summed E-state index contributed by atoms with van der Waals surface area (Å²) in [4.78, 5) is 0. The van der Waals surface area contributed by atoms with Gasteiger partial charge in [-0.2, -0.15) is 0 Å². The largest absolute Gasteiger partial charge is 0.213 e. The van der Waals surface area contributed by atoms with Gasteiger partial charge in [-0.05, 0) is 18.3 Å². The van der Waals surface area contributed by atoms with Crippen LogP contribution in [0.5, 0.6) is 0 Å². The fourth-order valence-corrected chi connectivity index (χ4v) is 4.08. The highest BCUT2D eigenvalue weighted by molar-refractivity contribution is 7.88. The Morgan fingerprint density at radius 2 is 1.18 bits per heavy atom. The second-order valence-corrected chi connectivity index (χ2v) is 9.16. The molecule has 6 nitrogen and oxygen atoms in total. The molecule has 2 aliphatic rings. The van der Waals surface area contributed by atoms with Gasteiger partial charge in [0.1, 0.15) is 0 Å². The van der Waals surface area contributed by atoms with Gasteiger partial charge in [0, 0.05) is 26.2 Å². The lowest BCUT2D eigenvalue weighted by Crippen LogP contribution is -2.36. The summed E-state index contributed by atoms with van der Waals surface area (Å²) < 4.78 is 49.1. The molecule has 1 aliphatic carbocycles. The number of rotatable bonds is 2. The average molecular weight is 282 g/mol. The third-order valence-electron chi connectivity index (χ3n) is 3.52. The molecule has 0 bridgehead atoms. The van der Waals surface area contributed by atoms with Gasteiger partial charge in [0.2, 0.25) is 20.0 Å². The van der Waals surface area contributed by atoms with E-state index in [2.05, 4.69) is 0 Å². The van der Waals surface area contributed by atoms with Crippen LogP contribution in [0.2, 0.25) is 0 Å². The molecule has 0 N–H and O–H groups in total. The Labute approximate surface area is 103 Å². The van der Waals surface area contributed by atoms with Gasteiger partial charge in [0.25, 0.3) is 0 Å². The van der Waals surface area contributed by atoms with E-state index in [0.717, 1.165) is 12.8 Å². The first-order valence-corrected chi connectivity index (χ1v) is 9.22. The van der Waals surface area contributed by atoms with E-state index >= 15 is 0 Å². The Balaban J connectivity index is 2.23. The summed E-state index contributed by atoms with van der Waals surface area (Å²) in [5.74, 6) is 0. The van der Waals surface area contributed by atoms with Crippen molar-refractivity contribution >= 4 is 20.0 Å². The summed E-state index contributed by atoms with van der Waals surface area (Å²) in [6, 6.07) is 0. The lowest BCUT2D eigenvalue weighted by Gasteiger charge is -2.21. The van der Waals surface area contributed by atoms with E-state index in [1.807, 2.05) is 0 Å². The van der Waals surface area contributed by atoms with Gasteiger partial charge in [0.15, 0.2) is 0 Å². The summed E-state index contributed by atoms with van der Waals surface area (Å²) in [5, 5.41) is 0. The van der Waals surface area contributed by atoms with E-state index in [4.69, 9.17) is 0 Å². The molecule has 100 valence electrons. The lowest BCUT2D eigenvalue weighted by atomic mass is 10.1. The Bertz CT molecular complexity index is 463. The van der Waals surface area contributed by atoms with E-state index in [0.29, 0.717) is 13.1 Å². The molecule has 1 saturated carbocycles. The van der Waals surface area contributed by atoms with Crippen LogP contribution in [0.15, 0.2) is 0 Å². The van der Waals surface area contributed by atoms with E-state index in [9.17, 15) is 16.8 Å². The van der Waals surface area contributed by atoms with Crippen molar-refractivity contribution in [3.63, 3.8) is 0 Å². The van der Waals surface area contributed by atoms with Crippen molar-refractivity contribution in [1.29, 1.82) is 0 Å². The molecular formula is C9H18N2O4S2. The monoisotopic (exact) mass is 282 g/mol. The van der Waals surface area contributed by atoms with Crippen LogP contribution in [-0.2, 0) is 20.0 Å². The fourth-order valence-electron chi connectivity index (χ4n) is 2.24. The zero-order valence-corrected chi connectivity index (χ0v) is 11.7. The molecular weight excluding hydrogens is 264 g/mol. The minimum Gasteiger partial charge on any atom is -0.213 e. The molecule has 0 aromatic heterocycles. The molecule has 0 aromatic carbocycles. The highest BCUT2D eigenvalue weighted by Gasteiger charge is 2.49. The van der Waals surface area contributed by atoms with E-state index in [1.165, 1.54) is 21.1 Å². The topological polar surface area (TPSA) is 74.8 Å². The Morgan fingerprint density at radius 3 is 1.41 bits per heavy atom. The Kier molecular flexibility index (Phi) is 3.05. The van der Waals surface area contributed by atoms with Crippen LogP contribution >= 0.6 is 0 Å². The summed E-state index contributed by atoms with van der Waals surface area (Å²) >= 11 is 0. The van der Waals surface area contributed by atoms with Crippen LogP contribution in [0.4, 0.5) is 0 Å². The molecule has 1 heterocycles. The molecule has 0 radical (unpaired) electrons. The molecule has 1 saturated heterocycles. The van der Waals surface area contributed by atoms with Crippen LogP contribution in [0.25, 0.3) is 0 Å². The zero-order chi connectivity index (χ0) is 12.9. The van der Waals surface area contributed by atoms with Crippen LogP contribution < -0.4 is 0 Å². The number of nitrogens with zero attached hydrogens (tertiary/aromatic N) is 2. The van der Waals surface area contributed by atoms with Crippen molar-refractivity contribution < 1.29 is 16.8 Å². The molecule has 2 rings (SSSR count). The summed E-state index contributed by atoms with van der Waals surface area (Å²) in [5.41, 5.74) is -0.136. The smallest absolute Gasteiger partial charge is 0.211 e. The number of hydrogen-bond donors (Lipinski definition) is 0. The second-order valence-electron chi connectivity index (χ2n) is 5.19. The summed E-state index contributed by atoms with van der Waals surface area (Å²) in [7, 11) is -6.47. The van der Waals surface area contributed by atoms with Crippen molar-refractivity contribution in [1.82, 2.24) is 8.61 Å². The molecule has 1 spiro atoms. The third kappa shape index (κ3) is 2.98. The minimum atomic E-state index is -3.24. The van der Waals surface area contributed by atoms with Gasteiger partial charge in [-0.15, -0.1) is 0 Å². The maximum absolute atomic E-state index is 11.6. The molecule has 1 aliphatic heterocycles. The lowest BCUT2D eigenvalue weighted by molar-refractivity contribution is 0.346. The van der Waals surface area contributed by atoms with Gasteiger partial charge >= 0.3 is 0 Å². The first kappa shape index (κ1) is 13.3. The van der Waals surface area contributed by atoms with Crippen LogP contribution in [0.1, 0.15) is 12.8 Å². The van der Waals surface area contributed by atoms with E-state index < -0.39 is 20.0 Å². The molecule has 0 atom stereocenters. The average Bonchev–Trinajstić information content (AvgIpc) is 2.90. The van der Waals surface area contributed by atoms with Crippen molar-refractivity contribution in [2.24, 2.45) is 5.41 Å². The SMILES string of the molecule is CS(=O)(=O)N1CCN(S(C)(=O)=O)CC2(CC2)C1. The van der Waals surface area contributed by atoms with Crippen molar-refractivity contribution in [3.05, 3.63) is 0 Å².